The predicted octanol–water partition coefficient (Wildman–Crippen LogP) is 0.917. The maximum absolute atomic E-state index is 5.78. The largest absolute Gasteiger partial charge is 0.380 e. The Labute approximate surface area is 103 Å². The second-order valence-electron chi connectivity index (χ2n) is 4.28. The van der Waals surface area contributed by atoms with Crippen LogP contribution in [-0.2, 0) is 11.3 Å². The Hall–Kier alpha value is -0.910. The van der Waals surface area contributed by atoms with E-state index < -0.39 is 0 Å². The first-order chi connectivity index (χ1) is 8.21. The molecule has 0 saturated carbocycles. The highest BCUT2D eigenvalue weighted by molar-refractivity contribution is 5.10. The molecule has 0 bridgehead atoms. The van der Waals surface area contributed by atoms with E-state index in [1.807, 2.05) is 17.8 Å². The molecular weight excluding hydrogens is 216 g/mol. The van der Waals surface area contributed by atoms with E-state index in [4.69, 9.17) is 10.5 Å². The predicted molar refractivity (Wildman–Crippen MR) is 68.8 cm³/mol. The summed E-state index contributed by atoms with van der Waals surface area (Å²) in [6, 6.07) is 0.151. The Morgan fingerprint density at radius 3 is 2.94 bits per heavy atom. The maximum atomic E-state index is 5.78. The molecule has 1 aromatic rings. The lowest BCUT2D eigenvalue weighted by Crippen LogP contribution is -2.33. The molecule has 2 atom stereocenters. The minimum Gasteiger partial charge on any atom is -0.380 e. The second-order valence-corrected chi connectivity index (χ2v) is 4.28. The SMILES string of the molecule is CCCn1cc(C(CN)NCC(C)OC)cn1. The topological polar surface area (TPSA) is 65.1 Å². The van der Waals surface area contributed by atoms with Gasteiger partial charge >= 0.3 is 0 Å². The first kappa shape index (κ1) is 14.2. The Morgan fingerprint density at radius 2 is 2.35 bits per heavy atom. The molecule has 1 aromatic heterocycles. The zero-order chi connectivity index (χ0) is 12.7. The minimum atomic E-state index is 0.151. The van der Waals surface area contributed by atoms with Crippen molar-refractivity contribution in [1.82, 2.24) is 15.1 Å². The third-order valence-electron chi connectivity index (χ3n) is 2.80. The van der Waals surface area contributed by atoms with Gasteiger partial charge in [0.2, 0.25) is 0 Å². The molecule has 1 rings (SSSR count). The van der Waals surface area contributed by atoms with E-state index in [1.165, 1.54) is 0 Å². The van der Waals surface area contributed by atoms with Crippen molar-refractivity contribution in [3.8, 4) is 0 Å². The number of hydrogen-bond acceptors (Lipinski definition) is 4. The number of aryl methyl sites for hydroxylation is 1. The molecule has 5 nitrogen and oxygen atoms in total. The van der Waals surface area contributed by atoms with Gasteiger partial charge in [-0.1, -0.05) is 6.92 Å². The molecule has 3 N–H and O–H groups in total. The molecule has 98 valence electrons. The van der Waals surface area contributed by atoms with Gasteiger partial charge in [0.1, 0.15) is 0 Å². The number of methoxy groups -OCH3 is 1. The lowest BCUT2D eigenvalue weighted by molar-refractivity contribution is 0.114. The summed E-state index contributed by atoms with van der Waals surface area (Å²) in [6.07, 6.45) is 5.22. The average Bonchev–Trinajstić information content (AvgIpc) is 2.78. The molecule has 2 unspecified atom stereocenters. The summed E-state index contributed by atoms with van der Waals surface area (Å²) in [6.45, 7) is 6.47. The molecule has 0 radical (unpaired) electrons. The van der Waals surface area contributed by atoms with Crippen molar-refractivity contribution < 1.29 is 4.74 Å². The molecule has 0 fully saturated rings. The quantitative estimate of drug-likeness (QED) is 0.709. The lowest BCUT2D eigenvalue weighted by Gasteiger charge is -2.18. The Morgan fingerprint density at radius 1 is 1.59 bits per heavy atom. The Bertz CT molecular complexity index is 313. The van der Waals surface area contributed by atoms with Crippen LogP contribution in [0.15, 0.2) is 12.4 Å². The highest BCUT2D eigenvalue weighted by atomic mass is 16.5. The first-order valence-corrected chi connectivity index (χ1v) is 6.19. The number of nitrogens with one attached hydrogen (secondary N) is 1. The van der Waals surface area contributed by atoms with Gasteiger partial charge in [0.25, 0.3) is 0 Å². The molecule has 0 aliphatic carbocycles. The van der Waals surface area contributed by atoms with Gasteiger partial charge in [0.05, 0.1) is 12.3 Å². The first-order valence-electron chi connectivity index (χ1n) is 6.19. The number of nitrogens with two attached hydrogens (primary N) is 1. The van der Waals surface area contributed by atoms with Crippen molar-refractivity contribution in [3.63, 3.8) is 0 Å². The lowest BCUT2D eigenvalue weighted by atomic mass is 10.1. The highest BCUT2D eigenvalue weighted by Gasteiger charge is 2.12. The van der Waals surface area contributed by atoms with Gasteiger partial charge < -0.3 is 15.8 Å². The smallest absolute Gasteiger partial charge is 0.0667 e. The fourth-order valence-corrected chi connectivity index (χ4v) is 1.64. The molecule has 0 saturated heterocycles. The summed E-state index contributed by atoms with van der Waals surface area (Å²) in [7, 11) is 1.71. The van der Waals surface area contributed by atoms with Crippen LogP contribution in [0.4, 0.5) is 0 Å². The van der Waals surface area contributed by atoms with Crippen molar-refractivity contribution >= 4 is 0 Å². The number of aromatic nitrogens is 2. The molecule has 0 aromatic carbocycles. The molecule has 1 heterocycles. The monoisotopic (exact) mass is 240 g/mol. The molecule has 17 heavy (non-hydrogen) atoms. The minimum absolute atomic E-state index is 0.151. The van der Waals surface area contributed by atoms with E-state index in [9.17, 15) is 0 Å². The molecule has 0 spiro atoms. The molecular formula is C12H24N4O. The van der Waals surface area contributed by atoms with Crippen LogP contribution in [-0.4, -0.2) is 36.1 Å². The zero-order valence-electron chi connectivity index (χ0n) is 11.0. The van der Waals surface area contributed by atoms with Crippen LogP contribution < -0.4 is 11.1 Å². The van der Waals surface area contributed by atoms with E-state index in [1.54, 1.807) is 7.11 Å². The van der Waals surface area contributed by atoms with E-state index in [2.05, 4.69) is 23.5 Å². The summed E-state index contributed by atoms with van der Waals surface area (Å²) in [4.78, 5) is 0. The van der Waals surface area contributed by atoms with Gasteiger partial charge in [-0.05, 0) is 13.3 Å². The Balaban J connectivity index is 2.53. The number of hydrogen-bond donors (Lipinski definition) is 2. The molecule has 0 aliphatic heterocycles. The van der Waals surface area contributed by atoms with Gasteiger partial charge in [-0.15, -0.1) is 0 Å². The van der Waals surface area contributed by atoms with Crippen LogP contribution in [0.2, 0.25) is 0 Å². The fourth-order valence-electron chi connectivity index (χ4n) is 1.64. The summed E-state index contributed by atoms with van der Waals surface area (Å²) in [5.41, 5.74) is 6.92. The van der Waals surface area contributed by atoms with Gasteiger partial charge in [-0.2, -0.15) is 5.10 Å². The van der Waals surface area contributed by atoms with E-state index in [0.29, 0.717) is 6.54 Å². The summed E-state index contributed by atoms with van der Waals surface area (Å²) >= 11 is 0. The summed E-state index contributed by atoms with van der Waals surface area (Å²) < 4.78 is 7.16. The standard InChI is InChI=1S/C12H24N4O/c1-4-5-16-9-11(8-15-16)12(6-13)14-7-10(2)17-3/h8-10,12,14H,4-7,13H2,1-3H3. The van der Waals surface area contributed by atoms with Crippen LogP contribution in [0.3, 0.4) is 0 Å². The van der Waals surface area contributed by atoms with Crippen LogP contribution in [0.25, 0.3) is 0 Å². The van der Waals surface area contributed by atoms with E-state index >= 15 is 0 Å². The molecule has 5 heteroatoms. The number of ether oxygens (including phenoxy) is 1. The normalized spacial score (nSPS) is 14.8. The van der Waals surface area contributed by atoms with Gasteiger partial charge in [0, 0.05) is 44.5 Å². The van der Waals surface area contributed by atoms with Crippen LogP contribution in [0, 0.1) is 0 Å². The van der Waals surface area contributed by atoms with Crippen molar-refractivity contribution in [3.05, 3.63) is 18.0 Å². The van der Waals surface area contributed by atoms with Crippen LogP contribution in [0.5, 0.6) is 0 Å². The van der Waals surface area contributed by atoms with Crippen molar-refractivity contribution in [2.24, 2.45) is 5.73 Å². The average molecular weight is 240 g/mol. The third-order valence-corrected chi connectivity index (χ3v) is 2.80. The van der Waals surface area contributed by atoms with E-state index in [0.717, 1.165) is 25.1 Å². The maximum Gasteiger partial charge on any atom is 0.0667 e. The molecule has 0 aliphatic rings. The van der Waals surface area contributed by atoms with Crippen molar-refractivity contribution in [2.45, 2.75) is 39.0 Å². The Kier molecular flexibility index (Phi) is 6.18. The van der Waals surface area contributed by atoms with Gasteiger partial charge in [0.15, 0.2) is 0 Å². The van der Waals surface area contributed by atoms with Gasteiger partial charge in [-0.3, -0.25) is 4.68 Å². The zero-order valence-corrected chi connectivity index (χ0v) is 11.0. The number of nitrogens with zero attached hydrogens (tertiary/aromatic N) is 2. The number of rotatable bonds is 8. The highest BCUT2D eigenvalue weighted by Crippen LogP contribution is 2.10. The van der Waals surface area contributed by atoms with Crippen LogP contribution in [0.1, 0.15) is 31.9 Å². The van der Waals surface area contributed by atoms with Crippen molar-refractivity contribution in [1.29, 1.82) is 0 Å². The molecule has 0 amide bonds. The van der Waals surface area contributed by atoms with E-state index in [-0.39, 0.29) is 12.1 Å². The fraction of sp³-hybridized carbons (Fsp3) is 0.750. The third kappa shape index (κ3) is 4.46. The summed E-state index contributed by atoms with van der Waals surface area (Å²) in [5.74, 6) is 0. The van der Waals surface area contributed by atoms with Gasteiger partial charge in [-0.25, -0.2) is 0 Å². The summed E-state index contributed by atoms with van der Waals surface area (Å²) in [5, 5.41) is 7.70. The second kappa shape index (κ2) is 7.42. The van der Waals surface area contributed by atoms with Crippen LogP contribution >= 0.6 is 0 Å². The van der Waals surface area contributed by atoms with Crippen molar-refractivity contribution in [2.75, 3.05) is 20.2 Å².